The van der Waals surface area contributed by atoms with Crippen LogP contribution < -0.4 is 10.6 Å². The van der Waals surface area contributed by atoms with E-state index in [0.717, 1.165) is 24.2 Å². The summed E-state index contributed by atoms with van der Waals surface area (Å²) >= 11 is 0. The lowest BCUT2D eigenvalue weighted by molar-refractivity contribution is -0.124. The van der Waals surface area contributed by atoms with Crippen LogP contribution in [0.4, 0.5) is 19.4 Å². The van der Waals surface area contributed by atoms with Gasteiger partial charge in [0.15, 0.2) is 5.82 Å². The summed E-state index contributed by atoms with van der Waals surface area (Å²) in [5.74, 6) is -1.02. The molecule has 160 valence electrons. The van der Waals surface area contributed by atoms with Crippen LogP contribution in [-0.4, -0.2) is 41.0 Å². The minimum absolute atomic E-state index is 0.0879. The second-order valence-electron chi connectivity index (χ2n) is 7.48. The molecule has 1 aliphatic carbocycles. The van der Waals surface area contributed by atoms with E-state index in [0.29, 0.717) is 31.7 Å². The molecule has 0 spiro atoms. The number of halogens is 2. The van der Waals surface area contributed by atoms with E-state index in [-0.39, 0.29) is 30.0 Å². The van der Waals surface area contributed by atoms with E-state index in [4.69, 9.17) is 9.47 Å². The highest BCUT2D eigenvalue weighted by molar-refractivity contribution is 5.93. The molecule has 2 heterocycles. The SMILES string of the molecule is O=C(NCc1ccc(F)cc1F)O[C@H]1C[C@@H](c2cc(NC(=O)[C@H]3CCCO3)n[nH]2)C1. The van der Waals surface area contributed by atoms with Gasteiger partial charge in [-0.3, -0.25) is 9.89 Å². The first kappa shape index (κ1) is 20.3. The summed E-state index contributed by atoms with van der Waals surface area (Å²) in [4.78, 5) is 23.9. The first-order chi connectivity index (χ1) is 14.5. The summed E-state index contributed by atoms with van der Waals surface area (Å²) in [6.07, 6.45) is 1.46. The number of H-pyrrole nitrogens is 1. The van der Waals surface area contributed by atoms with Crippen LogP contribution in [-0.2, 0) is 20.8 Å². The van der Waals surface area contributed by atoms with Crippen molar-refractivity contribution in [2.24, 2.45) is 0 Å². The average Bonchev–Trinajstić information content (AvgIpc) is 3.36. The molecule has 2 amide bonds. The number of carbonyl (C=O) groups is 2. The molecule has 1 saturated heterocycles. The lowest BCUT2D eigenvalue weighted by Gasteiger charge is -2.33. The van der Waals surface area contributed by atoms with Crippen molar-refractivity contribution in [3.63, 3.8) is 0 Å². The van der Waals surface area contributed by atoms with E-state index in [1.165, 1.54) is 6.07 Å². The number of hydrogen-bond donors (Lipinski definition) is 3. The third kappa shape index (κ3) is 4.76. The molecule has 30 heavy (non-hydrogen) atoms. The standard InChI is InChI=1S/C20H22F2N4O4/c21-13-4-3-11(15(22)8-13)10-23-20(28)30-14-6-12(7-14)16-9-18(26-25-16)24-19(27)17-2-1-5-29-17/h3-4,8-9,12,14,17H,1-2,5-7,10H2,(H,23,28)(H2,24,25,26,27)/t12-,14+,17-/m1/s1. The summed E-state index contributed by atoms with van der Waals surface area (Å²) in [5.41, 5.74) is 1.03. The minimum atomic E-state index is -0.722. The van der Waals surface area contributed by atoms with Gasteiger partial charge in [0.05, 0.1) is 0 Å². The summed E-state index contributed by atoms with van der Waals surface area (Å²) in [7, 11) is 0. The fourth-order valence-electron chi connectivity index (χ4n) is 3.54. The van der Waals surface area contributed by atoms with Gasteiger partial charge in [0.1, 0.15) is 23.8 Å². The lowest BCUT2D eigenvalue weighted by Crippen LogP contribution is -2.36. The van der Waals surface area contributed by atoms with Crippen LogP contribution >= 0.6 is 0 Å². The Morgan fingerprint density at radius 1 is 1.27 bits per heavy atom. The molecule has 1 atom stereocenters. The van der Waals surface area contributed by atoms with E-state index < -0.39 is 23.8 Å². The van der Waals surface area contributed by atoms with Gasteiger partial charge in [-0.25, -0.2) is 13.6 Å². The summed E-state index contributed by atoms with van der Waals surface area (Å²) in [6, 6.07) is 4.94. The van der Waals surface area contributed by atoms with E-state index in [9.17, 15) is 18.4 Å². The Labute approximate surface area is 171 Å². The van der Waals surface area contributed by atoms with Crippen molar-refractivity contribution in [2.75, 3.05) is 11.9 Å². The van der Waals surface area contributed by atoms with Gasteiger partial charge < -0.3 is 20.1 Å². The molecule has 1 aromatic carbocycles. The van der Waals surface area contributed by atoms with Crippen LogP contribution in [0.2, 0.25) is 0 Å². The Morgan fingerprint density at radius 2 is 2.10 bits per heavy atom. The van der Waals surface area contributed by atoms with E-state index >= 15 is 0 Å². The number of carbonyl (C=O) groups excluding carboxylic acids is 2. The molecule has 2 aromatic rings. The maximum atomic E-state index is 13.6. The highest BCUT2D eigenvalue weighted by atomic mass is 19.1. The second kappa shape index (κ2) is 8.78. The number of alkyl carbamates (subject to hydrolysis) is 1. The van der Waals surface area contributed by atoms with Crippen molar-refractivity contribution in [3.8, 4) is 0 Å². The van der Waals surface area contributed by atoms with Gasteiger partial charge in [0.2, 0.25) is 0 Å². The van der Waals surface area contributed by atoms with Gasteiger partial charge in [0.25, 0.3) is 5.91 Å². The molecule has 0 unspecified atom stereocenters. The molecular weight excluding hydrogens is 398 g/mol. The maximum absolute atomic E-state index is 13.6. The van der Waals surface area contributed by atoms with Gasteiger partial charge in [-0.05, 0) is 31.7 Å². The van der Waals surface area contributed by atoms with Gasteiger partial charge in [-0.2, -0.15) is 5.10 Å². The summed E-state index contributed by atoms with van der Waals surface area (Å²) in [5, 5.41) is 12.2. The fraction of sp³-hybridized carbons (Fsp3) is 0.450. The van der Waals surface area contributed by atoms with Crippen LogP contribution in [0.1, 0.15) is 42.9 Å². The smallest absolute Gasteiger partial charge is 0.407 e. The van der Waals surface area contributed by atoms with Crippen molar-refractivity contribution in [1.29, 1.82) is 0 Å². The zero-order chi connectivity index (χ0) is 21.1. The van der Waals surface area contributed by atoms with E-state index in [2.05, 4.69) is 20.8 Å². The molecule has 10 heteroatoms. The Kier molecular flexibility index (Phi) is 5.93. The average molecular weight is 420 g/mol. The van der Waals surface area contributed by atoms with Crippen molar-refractivity contribution < 1.29 is 27.8 Å². The number of benzene rings is 1. The van der Waals surface area contributed by atoms with Crippen molar-refractivity contribution in [1.82, 2.24) is 15.5 Å². The molecule has 3 N–H and O–H groups in total. The number of rotatable bonds is 6. The quantitative estimate of drug-likeness (QED) is 0.666. The molecule has 2 aliphatic rings. The van der Waals surface area contributed by atoms with Crippen LogP contribution in [0.15, 0.2) is 24.3 Å². The Balaban J connectivity index is 1.19. The Hall–Kier alpha value is -3.01. The van der Waals surface area contributed by atoms with Gasteiger partial charge in [-0.15, -0.1) is 0 Å². The monoisotopic (exact) mass is 420 g/mol. The molecule has 1 aromatic heterocycles. The molecule has 0 bridgehead atoms. The van der Waals surface area contributed by atoms with Crippen LogP contribution in [0.3, 0.4) is 0 Å². The zero-order valence-electron chi connectivity index (χ0n) is 16.1. The van der Waals surface area contributed by atoms with E-state index in [1.54, 1.807) is 6.07 Å². The lowest BCUT2D eigenvalue weighted by atomic mass is 9.80. The predicted octanol–water partition coefficient (Wildman–Crippen LogP) is 2.98. The van der Waals surface area contributed by atoms with Gasteiger partial charge in [0, 0.05) is 42.5 Å². The van der Waals surface area contributed by atoms with Crippen molar-refractivity contribution in [3.05, 3.63) is 47.2 Å². The number of nitrogens with zero attached hydrogens (tertiary/aromatic N) is 1. The van der Waals surface area contributed by atoms with Crippen LogP contribution in [0.5, 0.6) is 0 Å². The number of anilines is 1. The van der Waals surface area contributed by atoms with Crippen LogP contribution in [0.25, 0.3) is 0 Å². The highest BCUT2D eigenvalue weighted by Crippen LogP contribution is 2.38. The molecule has 0 radical (unpaired) electrons. The first-order valence-electron chi connectivity index (χ1n) is 9.84. The fourth-order valence-corrected chi connectivity index (χ4v) is 3.54. The maximum Gasteiger partial charge on any atom is 0.407 e. The first-order valence-corrected chi connectivity index (χ1v) is 9.84. The Bertz CT molecular complexity index is 923. The topological polar surface area (TPSA) is 105 Å². The number of hydrogen-bond acceptors (Lipinski definition) is 5. The van der Waals surface area contributed by atoms with E-state index in [1.807, 2.05) is 0 Å². The minimum Gasteiger partial charge on any atom is -0.446 e. The molecule has 1 saturated carbocycles. The highest BCUT2D eigenvalue weighted by Gasteiger charge is 2.35. The molecule has 8 nitrogen and oxygen atoms in total. The van der Waals surface area contributed by atoms with Crippen molar-refractivity contribution >= 4 is 17.8 Å². The third-order valence-corrected chi connectivity index (χ3v) is 5.32. The third-order valence-electron chi connectivity index (χ3n) is 5.32. The molecule has 1 aliphatic heterocycles. The van der Waals surface area contributed by atoms with Crippen LogP contribution in [0, 0.1) is 11.6 Å². The summed E-state index contributed by atoms with van der Waals surface area (Å²) in [6.45, 7) is 0.509. The number of nitrogens with one attached hydrogen (secondary N) is 3. The molecular formula is C20H22F2N4O4. The zero-order valence-corrected chi connectivity index (χ0v) is 16.1. The number of aromatic amines is 1. The number of amides is 2. The largest absolute Gasteiger partial charge is 0.446 e. The predicted molar refractivity (Wildman–Crippen MR) is 102 cm³/mol. The normalized spacial score (nSPS) is 22.9. The van der Waals surface area contributed by atoms with Gasteiger partial charge >= 0.3 is 6.09 Å². The molecule has 4 rings (SSSR count). The second-order valence-corrected chi connectivity index (χ2v) is 7.48. The van der Waals surface area contributed by atoms with Crippen molar-refractivity contribution in [2.45, 2.75) is 50.4 Å². The summed E-state index contributed by atoms with van der Waals surface area (Å²) < 4.78 is 37.1. The Morgan fingerprint density at radius 3 is 2.83 bits per heavy atom. The molecule has 2 fully saturated rings. The number of ether oxygens (including phenoxy) is 2. The van der Waals surface area contributed by atoms with Gasteiger partial charge in [-0.1, -0.05) is 6.07 Å². The number of aromatic nitrogens is 2.